The molecule has 0 aliphatic carbocycles. The number of nitrogens with one attached hydrogen (secondary N) is 1. The first-order chi connectivity index (χ1) is 9.79. The molecule has 0 radical (unpaired) electrons. The van der Waals surface area contributed by atoms with Gasteiger partial charge in [0.2, 0.25) is 0 Å². The first-order valence-electron chi connectivity index (χ1n) is 7.74. The summed E-state index contributed by atoms with van der Waals surface area (Å²) in [5.41, 5.74) is 1.25. The molecule has 3 aliphatic heterocycles. The van der Waals surface area contributed by atoms with Crippen molar-refractivity contribution < 1.29 is 0 Å². The highest BCUT2D eigenvalue weighted by Crippen LogP contribution is 2.31. The van der Waals surface area contributed by atoms with Crippen molar-refractivity contribution in [1.29, 1.82) is 0 Å². The van der Waals surface area contributed by atoms with Crippen molar-refractivity contribution in [1.82, 2.24) is 15.1 Å². The summed E-state index contributed by atoms with van der Waals surface area (Å²) in [6.45, 7) is 9.25. The first-order valence-corrected chi connectivity index (χ1v) is 8.11. The van der Waals surface area contributed by atoms with Gasteiger partial charge in [0.05, 0.1) is 6.04 Å². The highest BCUT2D eigenvalue weighted by Gasteiger charge is 2.37. The molecule has 2 bridgehead atoms. The summed E-state index contributed by atoms with van der Waals surface area (Å²) in [6.07, 6.45) is 1.15. The molecule has 110 valence electrons. The molecule has 4 heteroatoms. The maximum Gasteiger partial charge on any atom is 0.0505 e. The largest absolute Gasteiger partial charge is 0.309 e. The van der Waals surface area contributed by atoms with Crippen molar-refractivity contribution in [2.45, 2.75) is 25.4 Å². The Bertz CT molecular complexity index is 443. The molecule has 0 aromatic heterocycles. The highest BCUT2D eigenvalue weighted by atomic mass is 35.5. The Morgan fingerprint density at radius 1 is 1.25 bits per heavy atom. The summed E-state index contributed by atoms with van der Waals surface area (Å²) in [7, 11) is 0. The number of rotatable bonds is 5. The third-order valence-corrected chi connectivity index (χ3v) is 4.90. The summed E-state index contributed by atoms with van der Waals surface area (Å²) in [5.74, 6) is 0. The van der Waals surface area contributed by atoms with Crippen LogP contribution in [0.25, 0.3) is 0 Å². The van der Waals surface area contributed by atoms with Crippen molar-refractivity contribution >= 4 is 11.6 Å². The molecule has 1 N–H and O–H groups in total. The van der Waals surface area contributed by atoms with Crippen molar-refractivity contribution in [2.75, 3.05) is 39.3 Å². The van der Waals surface area contributed by atoms with Crippen molar-refractivity contribution in [3.05, 3.63) is 34.9 Å². The molecule has 3 aliphatic rings. The van der Waals surface area contributed by atoms with Gasteiger partial charge in [-0.2, -0.15) is 0 Å². The van der Waals surface area contributed by atoms with E-state index in [2.05, 4.69) is 34.2 Å². The summed E-state index contributed by atoms with van der Waals surface area (Å²) >= 11 is 6.45. The zero-order chi connectivity index (χ0) is 13.9. The number of hydrogen-bond donors (Lipinski definition) is 1. The molecule has 2 unspecified atom stereocenters. The summed E-state index contributed by atoms with van der Waals surface area (Å²) < 4.78 is 0. The number of fused-ring (bicyclic) bond motifs is 3. The van der Waals surface area contributed by atoms with Gasteiger partial charge in [0.25, 0.3) is 0 Å². The van der Waals surface area contributed by atoms with E-state index in [1.54, 1.807) is 0 Å². The van der Waals surface area contributed by atoms with Gasteiger partial charge in [-0.1, -0.05) is 36.7 Å². The third-order valence-electron chi connectivity index (χ3n) is 4.56. The zero-order valence-corrected chi connectivity index (χ0v) is 12.9. The number of piperazine rings is 3. The van der Waals surface area contributed by atoms with Crippen LogP contribution in [-0.2, 0) is 0 Å². The average Bonchev–Trinajstić information content (AvgIpc) is 2.50. The van der Waals surface area contributed by atoms with Crippen LogP contribution in [0.1, 0.15) is 24.9 Å². The molecule has 3 saturated heterocycles. The van der Waals surface area contributed by atoms with E-state index in [0.29, 0.717) is 12.1 Å². The molecule has 0 saturated carbocycles. The van der Waals surface area contributed by atoms with E-state index in [0.717, 1.165) is 24.5 Å². The zero-order valence-electron chi connectivity index (χ0n) is 12.2. The van der Waals surface area contributed by atoms with Crippen LogP contribution in [-0.4, -0.2) is 55.1 Å². The normalized spacial score (nSPS) is 30.4. The molecular formula is C16H24ClN3. The van der Waals surface area contributed by atoms with Gasteiger partial charge in [-0.25, -0.2) is 0 Å². The van der Waals surface area contributed by atoms with Gasteiger partial charge in [0, 0.05) is 43.8 Å². The third kappa shape index (κ3) is 2.86. The number of nitrogens with zero attached hydrogens (tertiary/aromatic N) is 2. The van der Waals surface area contributed by atoms with Crippen LogP contribution in [0, 0.1) is 0 Å². The predicted molar refractivity (Wildman–Crippen MR) is 84.3 cm³/mol. The van der Waals surface area contributed by atoms with Crippen molar-refractivity contribution in [2.24, 2.45) is 0 Å². The minimum absolute atomic E-state index is 0.340. The lowest BCUT2D eigenvalue weighted by atomic mass is 9.93. The molecule has 3 nitrogen and oxygen atoms in total. The SMILES string of the molecule is CCCNC(c1ccccc1Cl)C1CN2CCN1CC2. The summed E-state index contributed by atoms with van der Waals surface area (Å²) in [5, 5.41) is 4.62. The lowest BCUT2D eigenvalue weighted by Crippen LogP contribution is -2.64. The average molecular weight is 294 g/mol. The second kappa shape index (κ2) is 6.44. The fraction of sp³-hybridized carbons (Fsp3) is 0.625. The lowest BCUT2D eigenvalue weighted by Gasteiger charge is -2.50. The van der Waals surface area contributed by atoms with Gasteiger partial charge in [0.15, 0.2) is 0 Å². The van der Waals surface area contributed by atoms with Crippen LogP contribution >= 0.6 is 11.6 Å². The molecular weight excluding hydrogens is 270 g/mol. The van der Waals surface area contributed by atoms with Crippen LogP contribution in [0.2, 0.25) is 5.02 Å². The van der Waals surface area contributed by atoms with Crippen molar-refractivity contribution in [3.8, 4) is 0 Å². The van der Waals surface area contributed by atoms with E-state index in [1.807, 2.05) is 12.1 Å². The fourth-order valence-electron chi connectivity index (χ4n) is 3.45. The monoisotopic (exact) mass is 293 g/mol. The van der Waals surface area contributed by atoms with Gasteiger partial charge in [0.1, 0.15) is 0 Å². The predicted octanol–water partition coefficient (Wildman–Crippen LogP) is 2.38. The van der Waals surface area contributed by atoms with E-state index in [9.17, 15) is 0 Å². The second-order valence-corrected chi connectivity index (χ2v) is 6.26. The minimum Gasteiger partial charge on any atom is -0.309 e. The van der Waals surface area contributed by atoms with Crippen molar-refractivity contribution in [3.63, 3.8) is 0 Å². The Balaban J connectivity index is 1.84. The molecule has 4 rings (SSSR count). The maximum atomic E-state index is 6.45. The van der Waals surface area contributed by atoms with Gasteiger partial charge in [-0.3, -0.25) is 9.80 Å². The Hall–Kier alpha value is -0.610. The molecule has 3 heterocycles. The van der Waals surface area contributed by atoms with Gasteiger partial charge >= 0.3 is 0 Å². The molecule has 1 aromatic carbocycles. The molecule has 2 atom stereocenters. The van der Waals surface area contributed by atoms with E-state index in [-0.39, 0.29) is 0 Å². The van der Waals surface area contributed by atoms with Gasteiger partial charge in [-0.05, 0) is 24.6 Å². The molecule has 20 heavy (non-hydrogen) atoms. The quantitative estimate of drug-likeness (QED) is 0.899. The topological polar surface area (TPSA) is 18.5 Å². The Labute approximate surface area is 126 Å². The standard InChI is InChI=1S/C16H24ClN3/c1-2-7-18-16(13-5-3-4-6-14(13)17)15-12-19-8-10-20(15)11-9-19/h3-6,15-16,18H,2,7-12H2,1H3. The van der Waals surface area contributed by atoms with Gasteiger partial charge < -0.3 is 5.32 Å². The van der Waals surface area contributed by atoms with Crippen LogP contribution in [0.4, 0.5) is 0 Å². The van der Waals surface area contributed by atoms with Crippen LogP contribution < -0.4 is 5.32 Å². The Morgan fingerprint density at radius 3 is 2.60 bits per heavy atom. The molecule has 0 spiro atoms. The smallest absolute Gasteiger partial charge is 0.0505 e. The van der Waals surface area contributed by atoms with Crippen LogP contribution in [0.5, 0.6) is 0 Å². The number of halogens is 1. The Kier molecular flexibility index (Phi) is 4.61. The number of benzene rings is 1. The minimum atomic E-state index is 0.340. The summed E-state index contributed by atoms with van der Waals surface area (Å²) in [6, 6.07) is 9.18. The fourth-order valence-corrected chi connectivity index (χ4v) is 3.71. The van der Waals surface area contributed by atoms with E-state index >= 15 is 0 Å². The second-order valence-electron chi connectivity index (χ2n) is 5.86. The van der Waals surface area contributed by atoms with E-state index in [4.69, 9.17) is 11.6 Å². The van der Waals surface area contributed by atoms with Crippen LogP contribution in [0.3, 0.4) is 0 Å². The highest BCUT2D eigenvalue weighted by molar-refractivity contribution is 6.31. The molecule has 0 amide bonds. The van der Waals surface area contributed by atoms with Gasteiger partial charge in [-0.15, -0.1) is 0 Å². The molecule has 1 aromatic rings. The Morgan fingerprint density at radius 2 is 2.00 bits per heavy atom. The summed E-state index contributed by atoms with van der Waals surface area (Å²) in [4.78, 5) is 5.22. The number of hydrogen-bond acceptors (Lipinski definition) is 3. The van der Waals surface area contributed by atoms with E-state index < -0.39 is 0 Å². The maximum absolute atomic E-state index is 6.45. The molecule has 3 fully saturated rings. The first kappa shape index (κ1) is 14.3. The van der Waals surface area contributed by atoms with Crippen LogP contribution in [0.15, 0.2) is 24.3 Å². The van der Waals surface area contributed by atoms with E-state index in [1.165, 1.54) is 31.7 Å². The lowest BCUT2D eigenvalue weighted by molar-refractivity contribution is -0.00362.